The SMILES string of the molecule is O=C(O)COCCNCCN[C@H](c1ccccc1)c1ccc(Cl)cc1. The third-order valence-electron chi connectivity index (χ3n) is 3.64. The molecule has 0 fully saturated rings. The van der Waals surface area contributed by atoms with Crippen molar-refractivity contribution in [3.63, 3.8) is 0 Å². The number of aliphatic carboxylic acids is 1. The smallest absolute Gasteiger partial charge is 0.329 e. The first-order valence-electron chi connectivity index (χ1n) is 8.21. The molecule has 25 heavy (non-hydrogen) atoms. The van der Waals surface area contributed by atoms with Gasteiger partial charge in [-0.2, -0.15) is 0 Å². The van der Waals surface area contributed by atoms with Gasteiger partial charge < -0.3 is 20.5 Å². The van der Waals surface area contributed by atoms with E-state index in [1.54, 1.807) is 0 Å². The average molecular weight is 363 g/mol. The second-order valence-electron chi connectivity index (χ2n) is 5.55. The highest BCUT2D eigenvalue weighted by molar-refractivity contribution is 6.30. The number of rotatable bonds is 11. The number of ether oxygens (including phenoxy) is 1. The Morgan fingerprint density at radius 3 is 2.36 bits per heavy atom. The Balaban J connectivity index is 1.81. The Morgan fingerprint density at radius 2 is 1.68 bits per heavy atom. The molecule has 0 spiro atoms. The van der Waals surface area contributed by atoms with Crippen LogP contribution in [0.1, 0.15) is 17.2 Å². The molecule has 2 aromatic carbocycles. The fourth-order valence-electron chi connectivity index (χ4n) is 2.46. The largest absolute Gasteiger partial charge is 0.480 e. The number of nitrogens with one attached hydrogen (secondary N) is 2. The van der Waals surface area contributed by atoms with Crippen molar-refractivity contribution in [2.24, 2.45) is 0 Å². The van der Waals surface area contributed by atoms with E-state index < -0.39 is 5.97 Å². The van der Waals surface area contributed by atoms with E-state index in [2.05, 4.69) is 22.8 Å². The van der Waals surface area contributed by atoms with Crippen LogP contribution in [0.25, 0.3) is 0 Å². The summed E-state index contributed by atoms with van der Waals surface area (Å²) in [5.74, 6) is -0.949. The van der Waals surface area contributed by atoms with Gasteiger partial charge in [-0.1, -0.05) is 54.1 Å². The van der Waals surface area contributed by atoms with Crippen molar-refractivity contribution in [2.45, 2.75) is 6.04 Å². The normalized spacial score (nSPS) is 12.0. The first-order chi connectivity index (χ1) is 12.2. The molecule has 5 nitrogen and oxygen atoms in total. The maximum absolute atomic E-state index is 10.3. The highest BCUT2D eigenvalue weighted by Gasteiger charge is 2.12. The molecule has 0 aliphatic carbocycles. The second kappa shape index (κ2) is 10.8. The number of benzene rings is 2. The zero-order valence-corrected chi connectivity index (χ0v) is 14.7. The minimum Gasteiger partial charge on any atom is -0.480 e. The Hall–Kier alpha value is -1.92. The number of carboxylic acids is 1. The molecular weight excluding hydrogens is 340 g/mol. The van der Waals surface area contributed by atoms with E-state index in [-0.39, 0.29) is 12.6 Å². The summed E-state index contributed by atoms with van der Waals surface area (Å²) < 4.78 is 4.98. The lowest BCUT2D eigenvalue weighted by Gasteiger charge is -2.20. The summed E-state index contributed by atoms with van der Waals surface area (Å²) in [6.07, 6.45) is 0. The quantitative estimate of drug-likeness (QED) is 0.536. The fraction of sp³-hybridized carbons (Fsp3) is 0.316. The van der Waals surface area contributed by atoms with Crippen LogP contribution in [0.3, 0.4) is 0 Å². The van der Waals surface area contributed by atoms with Gasteiger partial charge in [-0.25, -0.2) is 4.79 Å². The molecule has 0 radical (unpaired) electrons. The molecule has 0 unspecified atom stereocenters. The van der Waals surface area contributed by atoms with Gasteiger partial charge in [-0.3, -0.25) is 0 Å². The molecule has 2 aromatic rings. The standard InChI is InChI=1S/C19H23ClN2O3/c20-17-8-6-16(7-9-17)19(15-4-2-1-3-5-15)22-11-10-21-12-13-25-14-18(23)24/h1-9,19,21-22H,10-14H2,(H,23,24)/t19-/m1/s1. The summed E-state index contributed by atoms with van der Waals surface area (Å²) in [5, 5.41) is 16.0. The molecule has 3 N–H and O–H groups in total. The van der Waals surface area contributed by atoms with Crippen LogP contribution in [0, 0.1) is 0 Å². The Morgan fingerprint density at radius 1 is 1.00 bits per heavy atom. The van der Waals surface area contributed by atoms with Crippen molar-refractivity contribution in [3.05, 3.63) is 70.7 Å². The highest BCUT2D eigenvalue weighted by atomic mass is 35.5. The van der Waals surface area contributed by atoms with E-state index >= 15 is 0 Å². The van der Waals surface area contributed by atoms with Crippen LogP contribution in [0.15, 0.2) is 54.6 Å². The molecule has 0 heterocycles. The first kappa shape index (κ1) is 19.4. The topological polar surface area (TPSA) is 70.6 Å². The predicted molar refractivity (Wildman–Crippen MR) is 99.1 cm³/mol. The summed E-state index contributed by atoms with van der Waals surface area (Å²) >= 11 is 5.99. The van der Waals surface area contributed by atoms with E-state index in [1.807, 2.05) is 42.5 Å². The molecular formula is C19H23ClN2O3. The van der Waals surface area contributed by atoms with Gasteiger partial charge in [0.2, 0.25) is 0 Å². The lowest BCUT2D eigenvalue weighted by atomic mass is 9.99. The molecule has 0 saturated heterocycles. The van der Waals surface area contributed by atoms with E-state index in [0.29, 0.717) is 13.2 Å². The van der Waals surface area contributed by atoms with Crippen LogP contribution >= 0.6 is 11.6 Å². The van der Waals surface area contributed by atoms with Crippen molar-refractivity contribution >= 4 is 17.6 Å². The number of hydrogen-bond donors (Lipinski definition) is 3. The van der Waals surface area contributed by atoms with E-state index in [1.165, 1.54) is 5.56 Å². The monoisotopic (exact) mass is 362 g/mol. The predicted octanol–water partition coefficient (Wildman–Crippen LogP) is 2.71. The van der Waals surface area contributed by atoms with Crippen molar-refractivity contribution in [1.82, 2.24) is 10.6 Å². The van der Waals surface area contributed by atoms with Crippen molar-refractivity contribution < 1.29 is 14.6 Å². The number of carboxylic acid groups (broad SMARTS) is 1. The van der Waals surface area contributed by atoms with Crippen molar-refractivity contribution in [2.75, 3.05) is 32.8 Å². The Kier molecular flexibility index (Phi) is 8.42. The Labute approximate surface area is 153 Å². The molecule has 2 rings (SSSR count). The minimum absolute atomic E-state index is 0.0866. The number of hydrogen-bond acceptors (Lipinski definition) is 4. The summed E-state index contributed by atoms with van der Waals surface area (Å²) in [5.41, 5.74) is 2.34. The molecule has 6 heteroatoms. The van der Waals surface area contributed by atoms with Gasteiger partial charge in [-0.05, 0) is 23.3 Å². The molecule has 0 aliphatic rings. The van der Waals surface area contributed by atoms with Crippen molar-refractivity contribution in [3.8, 4) is 0 Å². The molecule has 0 aromatic heterocycles. The molecule has 0 aliphatic heterocycles. The second-order valence-corrected chi connectivity index (χ2v) is 5.98. The highest BCUT2D eigenvalue weighted by Crippen LogP contribution is 2.23. The van der Waals surface area contributed by atoms with Gasteiger partial charge in [0.1, 0.15) is 6.61 Å². The average Bonchev–Trinajstić information content (AvgIpc) is 2.62. The summed E-state index contributed by atoms with van der Waals surface area (Å²) in [4.78, 5) is 10.3. The lowest BCUT2D eigenvalue weighted by molar-refractivity contribution is -0.142. The van der Waals surface area contributed by atoms with Crippen LogP contribution in [0.4, 0.5) is 0 Å². The fourth-order valence-corrected chi connectivity index (χ4v) is 2.59. The lowest BCUT2D eigenvalue weighted by Crippen LogP contribution is -2.32. The maximum Gasteiger partial charge on any atom is 0.329 e. The van der Waals surface area contributed by atoms with Gasteiger partial charge in [0, 0.05) is 24.7 Å². The summed E-state index contributed by atoms with van der Waals surface area (Å²) in [6, 6.07) is 18.2. The number of carbonyl (C=O) groups is 1. The molecule has 0 amide bonds. The summed E-state index contributed by atoms with van der Waals surface area (Å²) in [7, 11) is 0. The van der Waals surface area contributed by atoms with Crippen LogP contribution in [-0.2, 0) is 9.53 Å². The van der Waals surface area contributed by atoms with E-state index in [4.69, 9.17) is 21.4 Å². The molecule has 0 bridgehead atoms. The van der Waals surface area contributed by atoms with Gasteiger partial charge >= 0.3 is 5.97 Å². The minimum atomic E-state index is -0.949. The van der Waals surface area contributed by atoms with Crippen LogP contribution < -0.4 is 10.6 Å². The van der Waals surface area contributed by atoms with E-state index in [0.717, 1.165) is 23.7 Å². The van der Waals surface area contributed by atoms with Crippen LogP contribution in [-0.4, -0.2) is 43.9 Å². The van der Waals surface area contributed by atoms with Gasteiger partial charge in [-0.15, -0.1) is 0 Å². The third kappa shape index (κ3) is 7.23. The van der Waals surface area contributed by atoms with Gasteiger partial charge in [0.25, 0.3) is 0 Å². The Bertz CT molecular complexity index is 635. The van der Waals surface area contributed by atoms with Gasteiger partial charge in [0.15, 0.2) is 0 Å². The van der Waals surface area contributed by atoms with Crippen molar-refractivity contribution in [1.29, 1.82) is 0 Å². The number of halogens is 1. The summed E-state index contributed by atoms with van der Waals surface area (Å²) in [6.45, 7) is 2.26. The van der Waals surface area contributed by atoms with Gasteiger partial charge in [0.05, 0.1) is 12.6 Å². The zero-order valence-electron chi connectivity index (χ0n) is 14.0. The van der Waals surface area contributed by atoms with Crippen LogP contribution in [0.2, 0.25) is 5.02 Å². The molecule has 0 saturated carbocycles. The third-order valence-corrected chi connectivity index (χ3v) is 3.89. The van der Waals surface area contributed by atoms with E-state index in [9.17, 15) is 4.79 Å². The maximum atomic E-state index is 10.3. The molecule has 134 valence electrons. The first-order valence-corrected chi connectivity index (χ1v) is 8.58. The van der Waals surface area contributed by atoms with Crippen LogP contribution in [0.5, 0.6) is 0 Å². The molecule has 1 atom stereocenters. The zero-order chi connectivity index (χ0) is 17.9.